The number of ketones is 1. The fraction of sp³-hybridized carbons (Fsp3) is 0.933. The molecule has 0 fully saturated rings. The zero-order valence-corrected chi connectivity index (χ0v) is 12.5. The minimum atomic E-state index is -0.196. The van der Waals surface area contributed by atoms with Crippen LogP contribution < -0.4 is 0 Å². The Kier molecular flexibility index (Phi) is 7.69. The highest BCUT2D eigenvalue weighted by molar-refractivity contribution is 5.84. The highest BCUT2D eigenvalue weighted by Crippen LogP contribution is 2.28. The predicted molar refractivity (Wildman–Crippen MR) is 73.1 cm³/mol. The van der Waals surface area contributed by atoms with Crippen LogP contribution in [0.3, 0.4) is 0 Å². The maximum absolute atomic E-state index is 12.0. The molecule has 17 heavy (non-hydrogen) atoms. The first kappa shape index (κ1) is 16.6. The summed E-state index contributed by atoms with van der Waals surface area (Å²) in [5, 5.41) is 0. The average molecular weight is 242 g/mol. The molecule has 0 saturated carbocycles. The second kappa shape index (κ2) is 7.86. The molecule has 0 amide bonds. The summed E-state index contributed by atoms with van der Waals surface area (Å²) in [5.41, 5.74) is -0.196. The fourth-order valence-corrected chi connectivity index (χ4v) is 1.40. The van der Waals surface area contributed by atoms with Gasteiger partial charge in [0.05, 0.1) is 0 Å². The van der Waals surface area contributed by atoms with Crippen LogP contribution in [0.25, 0.3) is 0 Å². The number of carbonyl (C=O) groups excluding carboxylic acids is 1. The molecule has 0 aromatic rings. The van der Waals surface area contributed by atoms with Crippen molar-refractivity contribution in [3.8, 4) is 0 Å². The van der Waals surface area contributed by atoms with E-state index in [2.05, 4.69) is 27.7 Å². The van der Waals surface area contributed by atoms with Crippen LogP contribution in [-0.4, -0.2) is 19.0 Å². The molecule has 2 heteroatoms. The lowest BCUT2D eigenvalue weighted by molar-refractivity contribution is -0.129. The fourth-order valence-electron chi connectivity index (χ4n) is 1.40. The summed E-state index contributed by atoms with van der Waals surface area (Å²) in [6.45, 7) is 14.2. The van der Waals surface area contributed by atoms with Crippen LogP contribution >= 0.6 is 0 Å². The molecule has 0 aromatic heterocycles. The molecule has 0 aliphatic carbocycles. The van der Waals surface area contributed by atoms with Gasteiger partial charge in [0.15, 0.2) is 0 Å². The summed E-state index contributed by atoms with van der Waals surface area (Å²) in [6, 6.07) is 0. The average Bonchev–Trinajstić information content (AvgIpc) is 2.21. The monoisotopic (exact) mass is 242 g/mol. The highest BCUT2D eigenvalue weighted by Gasteiger charge is 2.29. The molecule has 0 spiro atoms. The molecular weight excluding hydrogens is 212 g/mol. The minimum Gasteiger partial charge on any atom is -0.381 e. The molecule has 0 rings (SSSR count). The van der Waals surface area contributed by atoms with Gasteiger partial charge in [0.1, 0.15) is 5.78 Å². The van der Waals surface area contributed by atoms with E-state index < -0.39 is 0 Å². The summed E-state index contributed by atoms with van der Waals surface area (Å²) >= 11 is 0. The Morgan fingerprint density at radius 2 is 1.71 bits per heavy atom. The Labute approximate surface area is 107 Å². The number of Topliss-reactive ketones (excluding diaryl/α,β-unsaturated/α-hetero) is 1. The second-order valence-electron chi connectivity index (χ2n) is 6.20. The molecule has 0 atom stereocenters. The van der Waals surface area contributed by atoms with Gasteiger partial charge in [0.25, 0.3) is 0 Å². The first-order valence-corrected chi connectivity index (χ1v) is 6.89. The van der Waals surface area contributed by atoms with E-state index in [1.807, 2.05) is 13.8 Å². The Morgan fingerprint density at radius 1 is 1.12 bits per heavy atom. The van der Waals surface area contributed by atoms with Gasteiger partial charge in [-0.05, 0) is 24.7 Å². The van der Waals surface area contributed by atoms with E-state index in [0.29, 0.717) is 30.6 Å². The quantitative estimate of drug-likeness (QED) is 0.569. The van der Waals surface area contributed by atoms with Crippen LogP contribution in [0.5, 0.6) is 0 Å². The first-order chi connectivity index (χ1) is 7.78. The van der Waals surface area contributed by atoms with E-state index in [4.69, 9.17) is 4.74 Å². The standard InChI is InChI=1S/C15H30O2/c1-12(2)9-11-17-10-7-8-14(16)15(5,6)13(3)4/h12-13H,7-11H2,1-6H3. The lowest BCUT2D eigenvalue weighted by Gasteiger charge is -2.27. The van der Waals surface area contributed by atoms with Crippen molar-refractivity contribution in [1.82, 2.24) is 0 Å². The maximum atomic E-state index is 12.0. The van der Waals surface area contributed by atoms with Gasteiger partial charge in [-0.25, -0.2) is 0 Å². The van der Waals surface area contributed by atoms with Gasteiger partial charge >= 0.3 is 0 Å². The summed E-state index contributed by atoms with van der Waals surface area (Å²) in [4.78, 5) is 12.0. The zero-order valence-electron chi connectivity index (χ0n) is 12.5. The number of hydrogen-bond donors (Lipinski definition) is 0. The molecule has 0 radical (unpaired) electrons. The van der Waals surface area contributed by atoms with Crippen LogP contribution in [0.2, 0.25) is 0 Å². The third-order valence-electron chi connectivity index (χ3n) is 3.69. The molecule has 0 aromatic carbocycles. The number of ether oxygens (including phenoxy) is 1. The topological polar surface area (TPSA) is 26.3 Å². The molecule has 0 heterocycles. The normalized spacial score (nSPS) is 12.5. The van der Waals surface area contributed by atoms with E-state index in [9.17, 15) is 4.79 Å². The molecule has 0 saturated heterocycles. The number of rotatable bonds is 9. The van der Waals surface area contributed by atoms with Crippen molar-refractivity contribution in [1.29, 1.82) is 0 Å². The molecule has 0 unspecified atom stereocenters. The Hall–Kier alpha value is -0.370. The molecular formula is C15H30O2. The lowest BCUT2D eigenvalue weighted by Crippen LogP contribution is -2.30. The van der Waals surface area contributed by atoms with E-state index in [0.717, 1.165) is 19.4 Å². The predicted octanol–water partition coefficient (Wildman–Crippen LogP) is 4.08. The van der Waals surface area contributed by atoms with Gasteiger partial charge in [0, 0.05) is 25.0 Å². The summed E-state index contributed by atoms with van der Waals surface area (Å²) < 4.78 is 5.52. The summed E-state index contributed by atoms with van der Waals surface area (Å²) in [7, 11) is 0. The van der Waals surface area contributed by atoms with Crippen molar-refractivity contribution >= 4 is 5.78 Å². The Morgan fingerprint density at radius 3 is 2.18 bits per heavy atom. The molecule has 0 aliphatic rings. The van der Waals surface area contributed by atoms with Gasteiger partial charge in [-0.3, -0.25) is 4.79 Å². The highest BCUT2D eigenvalue weighted by atomic mass is 16.5. The van der Waals surface area contributed by atoms with Gasteiger partial charge < -0.3 is 4.74 Å². The lowest BCUT2D eigenvalue weighted by atomic mass is 9.76. The zero-order chi connectivity index (χ0) is 13.5. The molecule has 102 valence electrons. The Bertz CT molecular complexity index is 217. The third-order valence-corrected chi connectivity index (χ3v) is 3.69. The van der Waals surface area contributed by atoms with Crippen molar-refractivity contribution in [2.75, 3.05) is 13.2 Å². The van der Waals surface area contributed by atoms with E-state index >= 15 is 0 Å². The Balaban J connectivity index is 3.65. The van der Waals surface area contributed by atoms with E-state index in [1.165, 1.54) is 0 Å². The van der Waals surface area contributed by atoms with Crippen molar-refractivity contribution < 1.29 is 9.53 Å². The third kappa shape index (κ3) is 6.82. The van der Waals surface area contributed by atoms with Crippen molar-refractivity contribution in [3.63, 3.8) is 0 Å². The number of hydrogen-bond acceptors (Lipinski definition) is 2. The largest absolute Gasteiger partial charge is 0.381 e. The van der Waals surface area contributed by atoms with Crippen LogP contribution in [-0.2, 0) is 9.53 Å². The van der Waals surface area contributed by atoms with Crippen molar-refractivity contribution in [2.45, 2.75) is 60.8 Å². The van der Waals surface area contributed by atoms with Crippen molar-refractivity contribution in [3.05, 3.63) is 0 Å². The molecule has 0 aliphatic heterocycles. The van der Waals surface area contributed by atoms with Crippen molar-refractivity contribution in [2.24, 2.45) is 17.3 Å². The molecule has 0 N–H and O–H groups in total. The van der Waals surface area contributed by atoms with Gasteiger partial charge in [-0.15, -0.1) is 0 Å². The summed E-state index contributed by atoms with van der Waals surface area (Å²) in [6.07, 6.45) is 2.60. The van der Waals surface area contributed by atoms with E-state index in [-0.39, 0.29) is 5.41 Å². The van der Waals surface area contributed by atoms with E-state index in [1.54, 1.807) is 0 Å². The van der Waals surface area contributed by atoms with Gasteiger partial charge in [-0.2, -0.15) is 0 Å². The van der Waals surface area contributed by atoms with Gasteiger partial charge in [0.2, 0.25) is 0 Å². The molecule has 0 bridgehead atoms. The second-order valence-corrected chi connectivity index (χ2v) is 6.20. The number of carbonyl (C=O) groups is 1. The maximum Gasteiger partial charge on any atom is 0.138 e. The van der Waals surface area contributed by atoms with Crippen LogP contribution in [0.4, 0.5) is 0 Å². The van der Waals surface area contributed by atoms with Gasteiger partial charge in [-0.1, -0.05) is 41.5 Å². The van der Waals surface area contributed by atoms with Crippen LogP contribution in [0.1, 0.15) is 60.8 Å². The SMILES string of the molecule is CC(C)CCOCCCC(=O)C(C)(C)C(C)C. The first-order valence-electron chi connectivity index (χ1n) is 6.89. The van der Waals surface area contributed by atoms with Crippen LogP contribution in [0, 0.1) is 17.3 Å². The summed E-state index contributed by atoms with van der Waals surface area (Å²) in [5.74, 6) is 1.45. The minimum absolute atomic E-state index is 0.196. The smallest absolute Gasteiger partial charge is 0.138 e. The molecule has 2 nitrogen and oxygen atoms in total. The van der Waals surface area contributed by atoms with Crippen LogP contribution in [0.15, 0.2) is 0 Å².